The number of hydrogen-bond donors (Lipinski definition) is 1. The number of rotatable bonds is 4. The van der Waals surface area contributed by atoms with Gasteiger partial charge < -0.3 is 5.73 Å². The van der Waals surface area contributed by atoms with E-state index in [9.17, 15) is 4.39 Å². The van der Waals surface area contributed by atoms with Crippen molar-refractivity contribution < 1.29 is 4.39 Å². The molecule has 4 unspecified atom stereocenters. The van der Waals surface area contributed by atoms with Gasteiger partial charge in [0.05, 0.1) is 0 Å². The lowest BCUT2D eigenvalue weighted by atomic mass is 9.85. The van der Waals surface area contributed by atoms with Gasteiger partial charge in [-0.15, -0.1) is 0 Å². The van der Waals surface area contributed by atoms with Gasteiger partial charge in [-0.2, -0.15) is 0 Å². The maximum atomic E-state index is 13.5. The SMILES string of the molecule is CC1CCCC(N(C)C(c2cccc(F)c2)C(C)N)C1. The zero-order valence-corrected chi connectivity index (χ0v) is 12.8. The molecule has 1 aromatic carbocycles. The third-order valence-electron chi connectivity index (χ3n) is 4.61. The molecular formula is C17H27FN2. The Bertz CT molecular complexity index is 433. The van der Waals surface area contributed by atoms with Gasteiger partial charge in [-0.3, -0.25) is 4.90 Å². The van der Waals surface area contributed by atoms with Gasteiger partial charge >= 0.3 is 0 Å². The second-order valence-corrected chi connectivity index (χ2v) is 6.45. The van der Waals surface area contributed by atoms with Crippen LogP contribution < -0.4 is 5.73 Å². The van der Waals surface area contributed by atoms with Crippen molar-refractivity contribution in [3.63, 3.8) is 0 Å². The fraction of sp³-hybridized carbons (Fsp3) is 0.647. The van der Waals surface area contributed by atoms with E-state index in [0.29, 0.717) is 6.04 Å². The fourth-order valence-corrected chi connectivity index (χ4v) is 3.60. The zero-order chi connectivity index (χ0) is 14.7. The molecule has 2 N–H and O–H groups in total. The third kappa shape index (κ3) is 3.58. The summed E-state index contributed by atoms with van der Waals surface area (Å²) in [6.45, 7) is 4.33. The zero-order valence-electron chi connectivity index (χ0n) is 12.8. The molecule has 1 aliphatic carbocycles. The minimum absolute atomic E-state index is 0.0148. The lowest BCUT2D eigenvalue weighted by molar-refractivity contribution is 0.106. The summed E-state index contributed by atoms with van der Waals surface area (Å²) in [6, 6.07) is 7.50. The maximum Gasteiger partial charge on any atom is 0.123 e. The summed E-state index contributed by atoms with van der Waals surface area (Å²) >= 11 is 0. The highest BCUT2D eigenvalue weighted by atomic mass is 19.1. The molecule has 20 heavy (non-hydrogen) atoms. The molecule has 0 heterocycles. The van der Waals surface area contributed by atoms with Crippen LogP contribution in [0.2, 0.25) is 0 Å². The van der Waals surface area contributed by atoms with Crippen molar-refractivity contribution in [3.8, 4) is 0 Å². The van der Waals surface area contributed by atoms with Crippen LogP contribution in [-0.4, -0.2) is 24.0 Å². The predicted molar refractivity (Wildman–Crippen MR) is 82.0 cm³/mol. The van der Waals surface area contributed by atoms with E-state index in [1.807, 2.05) is 13.0 Å². The molecule has 112 valence electrons. The molecule has 2 rings (SSSR count). The fourth-order valence-electron chi connectivity index (χ4n) is 3.60. The standard InChI is InChI=1S/C17H27FN2/c1-12-6-4-9-16(10-12)20(3)17(13(2)19)14-7-5-8-15(18)11-14/h5,7-8,11-13,16-17H,4,6,9-10,19H2,1-3H3. The van der Waals surface area contributed by atoms with Crippen LogP contribution in [0, 0.1) is 11.7 Å². The summed E-state index contributed by atoms with van der Waals surface area (Å²) in [6.07, 6.45) is 5.05. The number of halogens is 1. The molecular weight excluding hydrogens is 251 g/mol. The lowest BCUT2D eigenvalue weighted by Crippen LogP contribution is -2.44. The Morgan fingerprint density at radius 3 is 2.70 bits per heavy atom. The Morgan fingerprint density at radius 2 is 2.10 bits per heavy atom. The highest BCUT2D eigenvalue weighted by molar-refractivity contribution is 5.22. The van der Waals surface area contributed by atoms with Crippen LogP contribution in [0.25, 0.3) is 0 Å². The first kappa shape index (κ1) is 15.5. The molecule has 0 spiro atoms. The molecule has 0 saturated heterocycles. The van der Waals surface area contributed by atoms with Gasteiger partial charge in [0.2, 0.25) is 0 Å². The number of nitrogens with zero attached hydrogens (tertiary/aromatic N) is 1. The Balaban J connectivity index is 2.19. The van der Waals surface area contributed by atoms with E-state index in [0.717, 1.165) is 11.5 Å². The molecule has 0 aromatic heterocycles. The molecule has 0 radical (unpaired) electrons. The summed E-state index contributed by atoms with van der Waals surface area (Å²) in [7, 11) is 2.14. The summed E-state index contributed by atoms with van der Waals surface area (Å²) in [5.74, 6) is 0.594. The van der Waals surface area contributed by atoms with Crippen LogP contribution in [0.4, 0.5) is 4.39 Å². The maximum absolute atomic E-state index is 13.5. The second kappa shape index (κ2) is 6.68. The Morgan fingerprint density at radius 1 is 1.35 bits per heavy atom. The molecule has 0 bridgehead atoms. The smallest absolute Gasteiger partial charge is 0.123 e. The van der Waals surface area contributed by atoms with E-state index in [2.05, 4.69) is 18.9 Å². The van der Waals surface area contributed by atoms with Gasteiger partial charge in [-0.25, -0.2) is 4.39 Å². The topological polar surface area (TPSA) is 29.3 Å². The Hall–Kier alpha value is -0.930. The van der Waals surface area contributed by atoms with E-state index in [1.165, 1.54) is 31.7 Å². The minimum Gasteiger partial charge on any atom is -0.326 e. The molecule has 1 aromatic rings. The van der Waals surface area contributed by atoms with E-state index in [4.69, 9.17) is 5.73 Å². The highest BCUT2D eigenvalue weighted by Crippen LogP contribution is 2.32. The molecule has 2 nitrogen and oxygen atoms in total. The van der Waals surface area contributed by atoms with Gasteiger partial charge in [0.25, 0.3) is 0 Å². The molecule has 0 aliphatic heterocycles. The summed E-state index contributed by atoms with van der Waals surface area (Å²) in [5, 5.41) is 0. The van der Waals surface area contributed by atoms with Crippen LogP contribution in [-0.2, 0) is 0 Å². The van der Waals surface area contributed by atoms with Crippen LogP contribution in [0.5, 0.6) is 0 Å². The van der Waals surface area contributed by atoms with Crippen molar-refractivity contribution in [3.05, 3.63) is 35.6 Å². The highest BCUT2D eigenvalue weighted by Gasteiger charge is 2.30. The van der Waals surface area contributed by atoms with Gasteiger partial charge in [0, 0.05) is 18.1 Å². The average molecular weight is 278 g/mol. The molecule has 3 heteroatoms. The van der Waals surface area contributed by atoms with Crippen LogP contribution in [0.3, 0.4) is 0 Å². The van der Waals surface area contributed by atoms with Crippen molar-refractivity contribution in [1.82, 2.24) is 4.90 Å². The van der Waals surface area contributed by atoms with Crippen LogP contribution >= 0.6 is 0 Å². The minimum atomic E-state index is -0.182. The van der Waals surface area contributed by atoms with Crippen molar-refractivity contribution in [2.45, 2.75) is 57.7 Å². The van der Waals surface area contributed by atoms with Crippen LogP contribution in [0.1, 0.15) is 51.1 Å². The van der Waals surface area contributed by atoms with E-state index in [1.54, 1.807) is 12.1 Å². The van der Waals surface area contributed by atoms with Crippen molar-refractivity contribution in [2.24, 2.45) is 11.7 Å². The third-order valence-corrected chi connectivity index (χ3v) is 4.61. The Kier molecular flexibility index (Phi) is 5.17. The number of hydrogen-bond acceptors (Lipinski definition) is 2. The Labute approximate surface area is 122 Å². The molecule has 1 saturated carbocycles. The number of benzene rings is 1. The first-order chi connectivity index (χ1) is 9.49. The van der Waals surface area contributed by atoms with Crippen LogP contribution in [0.15, 0.2) is 24.3 Å². The van der Waals surface area contributed by atoms with Gasteiger partial charge in [-0.05, 0) is 50.4 Å². The normalized spacial score (nSPS) is 26.5. The van der Waals surface area contributed by atoms with Gasteiger partial charge in [0.1, 0.15) is 5.82 Å². The summed E-state index contributed by atoms with van der Waals surface area (Å²) < 4.78 is 13.5. The summed E-state index contributed by atoms with van der Waals surface area (Å²) in [5.41, 5.74) is 7.18. The quantitative estimate of drug-likeness (QED) is 0.909. The monoisotopic (exact) mass is 278 g/mol. The first-order valence-corrected chi connectivity index (χ1v) is 7.72. The van der Waals surface area contributed by atoms with Gasteiger partial charge in [-0.1, -0.05) is 31.9 Å². The molecule has 0 amide bonds. The molecule has 4 atom stereocenters. The predicted octanol–water partition coefficient (Wildman–Crippen LogP) is 3.72. The van der Waals surface area contributed by atoms with E-state index >= 15 is 0 Å². The van der Waals surface area contributed by atoms with Crippen molar-refractivity contribution >= 4 is 0 Å². The van der Waals surface area contributed by atoms with Crippen molar-refractivity contribution in [2.75, 3.05) is 7.05 Å². The van der Waals surface area contributed by atoms with Gasteiger partial charge in [0.15, 0.2) is 0 Å². The first-order valence-electron chi connectivity index (χ1n) is 7.72. The van der Waals surface area contributed by atoms with E-state index in [-0.39, 0.29) is 17.9 Å². The largest absolute Gasteiger partial charge is 0.326 e. The van der Waals surface area contributed by atoms with E-state index < -0.39 is 0 Å². The lowest BCUT2D eigenvalue weighted by Gasteiger charge is -2.40. The second-order valence-electron chi connectivity index (χ2n) is 6.45. The summed E-state index contributed by atoms with van der Waals surface area (Å²) in [4.78, 5) is 2.37. The number of nitrogens with two attached hydrogens (primary N) is 1. The number of likely N-dealkylation sites (N-methyl/N-ethyl adjacent to an activating group) is 1. The average Bonchev–Trinajstić information content (AvgIpc) is 2.38. The molecule has 1 aliphatic rings. The van der Waals surface area contributed by atoms with Crippen molar-refractivity contribution in [1.29, 1.82) is 0 Å². The molecule has 1 fully saturated rings.